The highest BCUT2D eigenvalue weighted by Gasteiger charge is 2.20. The number of nitrogens with zero attached hydrogens (tertiary/aromatic N) is 4. The van der Waals surface area contributed by atoms with Crippen molar-refractivity contribution in [2.45, 2.75) is 0 Å². The van der Waals surface area contributed by atoms with Crippen LogP contribution in [-0.2, 0) is 0 Å². The number of rotatable bonds is 2. The van der Waals surface area contributed by atoms with Crippen LogP contribution in [0.1, 0.15) is 0 Å². The minimum atomic E-state index is 0.154. The monoisotopic (exact) mass is 431 g/mol. The van der Waals surface area contributed by atoms with E-state index in [9.17, 15) is 0 Å². The maximum Gasteiger partial charge on any atom is 0.231 e. The zero-order chi connectivity index (χ0) is 18.5. The highest BCUT2D eigenvalue weighted by molar-refractivity contribution is 6.34. The van der Waals surface area contributed by atoms with Gasteiger partial charge in [0.15, 0.2) is 11.5 Å². The van der Waals surface area contributed by atoms with Crippen molar-refractivity contribution in [2.75, 3.05) is 12.1 Å². The third kappa shape index (κ3) is 4.76. The molecule has 1 aromatic carbocycles. The Kier molecular flexibility index (Phi) is 6.16. The minimum Gasteiger partial charge on any atom is -0.454 e. The van der Waals surface area contributed by atoms with E-state index < -0.39 is 0 Å². The first-order valence-corrected chi connectivity index (χ1v) is 8.52. The molecule has 26 heavy (non-hydrogen) atoms. The molecule has 0 saturated carbocycles. The molecule has 11 heteroatoms. The lowest BCUT2D eigenvalue weighted by molar-refractivity contribution is 0.174. The summed E-state index contributed by atoms with van der Waals surface area (Å²) in [6, 6.07) is 6.72. The molecule has 0 radical (unpaired) electrons. The lowest BCUT2D eigenvalue weighted by Gasteiger charge is -2.10. The lowest BCUT2D eigenvalue weighted by atomic mass is 10.2. The number of nitrogens with one attached hydrogen (secondary N) is 1. The van der Waals surface area contributed by atoms with Gasteiger partial charge in [0.05, 0.1) is 5.02 Å². The number of benzene rings is 1. The molecular formula is C15H9Cl4N5O2. The van der Waals surface area contributed by atoms with Gasteiger partial charge in [-0.3, -0.25) is 0 Å². The molecule has 1 aliphatic heterocycles. The Morgan fingerprint density at radius 2 is 1.58 bits per heavy atom. The van der Waals surface area contributed by atoms with Gasteiger partial charge >= 0.3 is 0 Å². The highest BCUT2D eigenvalue weighted by atomic mass is 35.5. The van der Waals surface area contributed by atoms with Crippen LogP contribution < -0.4 is 14.8 Å². The van der Waals surface area contributed by atoms with Crippen molar-refractivity contribution in [3.8, 4) is 11.5 Å². The van der Waals surface area contributed by atoms with Gasteiger partial charge in [0.25, 0.3) is 0 Å². The molecule has 1 N–H and O–H groups in total. The molecule has 0 unspecified atom stereocenters. The van der Waals surface area contributed by atoms with Gasteiger partial charge in [0, 0.05) is 12.4 Å². The third-order valence-corrected chi connectivity index (χ3v) is 3.85. The molecule has 0 bridgehead atoms. The van der Waals surface area contributed by atoms with Crippen LogP contribution in [0.4, 0.5) is 11.5 Å². The van der Waals surface area contributed by atoms with Crippen LogP contribution in [-0.4, -0.2) is 26.7 Å². The van der Waals surface area contributed by atoms with Crippen molar-refractivity contribution in [1.82, 2.24) is 19.9 Å². The number of hydrogen-bond donors (Lipinski definition) is 1. The largest absolute Gasteiger partial charge is 0.454 e. The Bertz CT molecular complexity index is 911. The van der Waals surface area contributed by atoms with E-state index in [0.717, 1.165) is 0 Å². The van der Waals surface area contributed by atoms with E-state index in [1.54, 1.807) is 30.5 Å². The summed E-state index contributed by atoms with van der Waals surface area (Å²) in [5.41, 5.74) is 0.599. The van der Waals surface area contributed by atoms with Gasteiger partial charge < -0.3 is 14.8 Å². The van der Waals surface area contributed by atoms with Gasteiger partial charge in [0.1, 0.15) is 16.7 Å². The number of fused-ring (bicyclic) bond motifs is 1. The fourth-order valence-corrected chi connectivity index (χ4v) is 2.58. The van der Waals surface area contributed by atoms with E-state index in [0.29, 0.717) is 33.2 Å². The van der Waals surface area contributed by atoms with Crippen molar-refractivity contribution in [3.63, 3.8) is 0 Å². The summed E-state index contributed by atoms with van der Waals surface area (Å²) >= 11 is 22.6. The van der Waals surface area contributed by atoms with Gasteiger partial charge in [-0.2, -0.15) is 0 Å². The molecule has 0 aliphatic carbocycles. The van der Waals surface area contributed by atoms with Crippen LogP contribution in [0.5, 0.6) is 11.5 Å². The Balaban J connectivity index is 0.000000206. The van der Waals surface area contributed by atoms with E-state index in [-0.39, 0.29) is 17.4 Å². The molecule has 0 amide bonds. The van der Waals surface area contributed by atoms with E-state index in [2.05, 4.69) is 25.3 Å². The molecule has 3 aromatic rings. The fraction of sp³-hybridized carbons (Fsp3) is 0.0667. The molecule has 0 saturated heterocycles. The van der Waals surface area contributed by atoms with Crippen molar-refractivity contribution < 1.29 is 9.47 Å². The second kappa shape index (κ2) is 8.55. The molecule has 3 heterocycles. The van der Waals surface area contributed by atoms with Crippen LogP contribution in [0.25, 0.3) is 0 Å². The molecule has 1 aliphatic rings. The van der Waals surface area contributed by atoms with E-state index in [1.807, 2.05) is 0 Å². The summed E-state index contributed by atoms with van der Waals surface area (Å²) in [6.07, 6.45) is 3.05. The van der Waals surface area contributed by atoms with Crippen LogP contribution in [0.15, 0.2) is 36.7 Å². The first-order chi connectivity index (χ1) is 12.5. The van der Waals surface area contributed by atoms with Crippen molar-refractivity contribution in [2.24, 2.45) is 0 Å². The maximum absolute atomic E-state index is 6.12. The van der Waals surface area contributed by atoms with E-state index >= 15 is 0 Å². The Labute approximate surface area is 168 Å². The number of anilines is 2. The predicted molar refractivity (Wildman–Crippen MR) is 100.0 cm³/mol. The van der Waals surface area contributed by atoms with Crippen LogP contribution in [0, 0.1) is 0 Å². The molecule has 0 spiro atoms. The highest BCUT2D eigenvalue weighted by Crippen LogP contribution is 2.44. The van der Waals surface area contributed by atoms with Crippen molar-refractivity contribution in [3.05, 3.63) is 57.4 Å². The lowest BCUT2D eigenvalue weighted by Crippen LogP contribution is -1.98. The number of halogens is 4. The van der Waals surface area contributed by atoms with Gasteiger partial charge in [-0.15, -0.1) is 0 Å². The number of hydrogen-bond acceptors (Lipinski definition) is 7. The Hall–Kier alpha value is -2.06. The average Bonchev–Trinajstić information content (AvgIpc) is 3.07. The molecule has 7 nitrogen and oxygen atoms in total. The molecule has 0 atom stereocenters. The van der Waals surface area contributed by atoms with Crippen LogP contribution in [0.3, 0.4) is 0 Å². The Morgan fingerprint density at radius 3 is 2.23 bits per heavy atom. The summed E-state index contributed by atoms with van der Waals surface area (Å²) in [4.78, 5) is 15.0. The number of ether oxygens (including phenoxy) is 2. The Morgan fingerprint density at radius 1 is 0.846 bits per heavy atom. The quantitative estimate of drug-likeness (QED) is 0.448. The molecule has 134 valence electrons. The fourth-order valence-electron chi connectivity index (χ4n) is 1.91. The smallest absolute Gasteiger partial charge is 0.231 e. The summed E-state index contributed by atoms with van der Waals surface area (Å²) in [5, 5.41) is 4.25. The van der Waals surface area contributed by atoms with Crippen molar-refractivity contribution >= 4 is 57.9 Å². The number of aromatic nitrogens is 4. The second-order valence-corrected chi connectivity index (χ2v) is 6.11. The minimum absolute atomic E-state index is 0.154. The van der Waals surface area contributed by atoms with Gasteiger partial charge in [0.2, 0.25) is 17.4 Å². The predicted octanol–water partition coefficient (Wildman–Crippen LogP) is 5.04. The van der Waals surface area contributed by atoms with Gasteiger partial charge in [-0.05, 0) is 47.5 Å². The normalized spacial score (nSPS) is 11.5. The molecular weight excluding hydrogens is 424 g/mol. The summed E-state index contributed by atoms with van der Waals surface area (Å²) in [5.74, 6) is 1.74. The zero-order valence-corrected chi connectivity index (χ0v) is 15.8. The summed E-state index contributed by atoms with van der Waals surface area (Å²) < 4.78 is 10.6. The van der Waals surface area contributed by atoms with Gasteiger partial charge in [-0.25, -0.2) is 19.9 Å². The zero-order valence-electron chi connectivity index (χ0n) is 12.8. The molecule has 2 aromatic heterocycles. The van der Waals surface area contributed by atoms with Crippen LogP contribution >= 0.6 is 46.4 Å². The molecule has 0 fully saturated rings. The summed E-state index contributed by atoms with van der Waals surface area (Å²) in [6.45, 7) is 0.175. The first kappa shape index (κ1) is 18.7. The van der Waals surface area contributed by atoms with Crippen molar-refractivity contribution in [1.29, 1.82) is 0 Å². The van der Waals surface area contributed by atoms with Crippen LogP contribution in [0.2, 0.25) is 20.7 Å². The maximum atomic E-state index is 6.12. The van der Waals surface area contributed by atoms with E-state index in [1.165, 1.54) is 6.20 Å². The molecule has 4 rings (SSSR count). The topological polar surface area (TPSA) is 82.1 Å². The SMILES string of the molecule is Clc1ccnc(Cl)n1.Clc1nccc(Nc2c(Cl)ccc3c2OCO3)n1. The second-order valence-electron chi connectivity index (χ2n) is 4.64. The summed E-state index contributed by atoms with van der Waals surface area (Å²) in [7, 11) is 0. The van der Waals surface area contributed by atoms with Gasteiger partial charge in [-0.1, -0.05) is 23.2 Å². The standard InChI is InChI=1S/C11H7Cl2N3O2.C4H2Cl2N2/c12-6-1-2-7-10(18-5-17-7)9(6)15-8-3-4-14-11(13)16-8;5-3-1-2-7-4(6)8-3/h1-4H,5H2,(H,14,15,16);1-2H. The average molecular weight is 433 g/mol. The first-order valence-electron chi connectivity index (χ1n) is 7.00. The third-order valence-electron chi connectivity index (χ3n) is 2.96. The van der Waals surface area contributed by atoms with E-state index in [4.69, 9.17) is 55.9 Å².